The van der Waals surface area contributed by atoms with Crippen molar-refractivity contribution in [3.63, 3.8) is 0 Å². The number of benzene rings is 1. The second-order valence-corrected chi connectivity index (χ2v) is 6.44. The third-order valence-electron chi connectivity index (χ3n) is 3.84. The SMILES string of the molecule is COc1ccc([C@H](N2CCNCC2)C(C)(C)C)c(F)c1.Cl.Cl. The number of hydrogen-bond acceptors (Lipinski definition) is 3. The Labute approximate surface area is 145 Å². The summed E-state index contributed by atoms with van der Waals surface area (Å²) in [6.07, 6.45) is 0. The van der Waals surface area contributed by atoms with Crippen LogP contribution in [0.25, 0.3) is 0 Å². The second-order valence-electron chi connectivity index (χ2n) is 6.44. The Bertz CT molecular complexity index is 460. The Hall–Kier alpha value is -0.550. The van der Waals surface area contributed by atoms with Crippen molar-refractivity contribution in [3.05, 3.63) is 29.6 Å². The first-order valence-electron chi connectivity index (χ1n) is 7.21. The van der Waals surface area contributed by atoms with Crippen LogP contribution < -0.4 is 10.1 Å². The molecule has 0 radical (unpaired) electrons. The van der Waals surface area contributed by atoms with Gasteiger partial charge in [0.2, 0.25) is 0 Å². The maximum atomic E-state index is 14.5. The molecular formula is C16H27Cl2FN2O. The highest BCUT2D eigenvalue weighted by Gasteiger charge is 2.34. The number of methoxy groups -OCH3 is 1. The zero-order chi connectivity index (χ0) is 14.8. The smallest absolute Gasteiger partial charge is 0.131 e. The Morgan fingerprint density at radius 2 is 1.77 bits per heavy atom. The maximum Gasteiger partial charge on any atom is 0.131 e. The average Bonchev–Trinajstić information content (AvgIpc) is 2.40. The first kappa shape index (κ1) is 21.4. The molecule has 0 unspecified atom stereocenters. The van der Waals surface area contributed by atoms with Crippen molar-refractivity contribution in [1.29, 1.82) is 0 Å². The Kier molecular flexibility index (Phi) is 8.70. The molecule has 0 bridgehead atoms. The normalized spacial score (nSPS) is 17.1. The second kappa shape index (κ2) is 8.92. The van der Waals surface area contributed by atoms with E-state index in [0.717, 1.165) is 31.7 Å². The van der Waals surface area contributed by atoms with Crippen LogP contribution in [0.4, 0.5) is 4.39 Å². The van der Waals surface area contributed by atoms with Crippen LogP contribution in [0, 0.1) is 11.2 Å². The fourth-order valence-corrected chi connectivity index (χ4v) is 3.01. The highest BCUT2D eigenvalue weighted by atomic mass is 35.5. The molecule has 3 nitrogen and oxygen atoms in total. The number of piperazine rings is 1. The summed E-state index contributed by atoms with van der Waals surface area (Å²) in [6, 6.07) is 5.28. The summed E-state index contributed by atoms with van der Waals surface area (Å²) in [5.41, 5.74) is 0.743. The van der Waals surface area contributed by atoms with Gasteiger partial charge in [0.05, 0.1) is 7.11 Å². The van der Waals surface area contributed by atoms with Crippen LogP contribution in [0.5, 0.6) is 5.75 Å². The molecule has 1 heterocycles. The van der Waals surface area contributed by atoms with Gasteiger partial charge in [-0.2, -0.15) is 0 Å². The van der Waals surface area contributed by atoms with Gasteiger partial charge in [-0.05, 0) is 11.5 Å². The minimum absolute atomic E-state index is 0. The fraction of sp³-hybridized carbons (Fsp3) is 0.625. The van der Waals surface area contributed by atoms with Crippen LogP contribution in [0.15, 0.2) is 18.2 Å². The van der Waals surface area contributed by atoms with Crippen LogP contribution in [0.2, 0.25) is 0 Å². The molecule has 1 N–H and O–H groups in total. The Balaban J connectivity index is 0.00000220. The van der Waals surface area contributed by atoms with E-state index in [9.17, 15) is 4.39 Å². The molecule has 1 aromatic rings. The molecule has 2 rings (SSSR count). The first-order valence-corrected chi connectivity index (χ1v) is 7.21. The van der Waals surface area contributed by atoms with E-state index in [1.54, 1.807) is 7.11 Å². The minimum Gasteiger partial charge on any atom is -0.497 e. The zero-order valence-corrected chi connectivity index (χ0v) is 15.3. The predicted molar refractivity (Wildman–Crippen MR) is 94.1 cm³/mol. The van der Waals surface area contributed by atoms with Crippen LogP contribution in [0.3, 0.4) is 0 Å². The molecule has 1 aromatic carbocycles. The summed E-state index contributed by atoms with van der Waals surface area (Å²) >= 11 is 0. The molecule has 0 aliphatic carbocycles. The van der Waals surface area contributed by atoms with Gasteiger partial charge in [0.15, 0.2) is 0 Å². The van der Waals surface area contributed by atoms with Gasteiger partial charge < -0.3 is 10.1 Å². The number of hydrogen-bond donors (Lipinski definition) is 1. The lowest BCUT2D eigenvalue weighted by molar-refractivity contribution is 0.0834. The molecule has 0 aromatic heterocycles. The molecule has 6 heteroatoms. The van der Waals surface area contributed by atoms with Gasteiger partial charge >= 0.3 is 0 Å². The third kappa shape index (κ3) is 4.98. The van der Waals surface area contributed by atoms with Gasteiger partial charge in [-0.1, -0.05) is 26.8 Å². The topological polar surface area (TPSA) is 24.5 Å². The highest BCUT2D eigenvalue weighted by molar-refractivity contribution is 5.85. The van der Waals surface area contributed by atoms with E-state index >= 15 is 0 Å². The molecule has 128 valence electrons. The molecule has 1 atom stereocenters. The standard InChI is InChI=1S/C16H25FN2O.2ClH/c1-16(2,3)15(19-9-7-18-8-10-19)13-6-5-12(20-4)11-14(13)17;;/h5-6,11,15,18H,7-10H2,1-4H3;2*1H/t15-;;/m0../s1. The van der Waals surface area contributed by atoms with E-state index in [1.165, 1.54) is 6.07 Å². The molecular weight excluding hydrogens is 326 g/mol. The van der Waals surface area contributed by atoms with Crippen molar-refractivity contribution in [1.82, 2.24) is 10.2 Å². The minimum atomic E-state index is -0.178. The molecule has 0 saturated carbocycles. The van der Waals surface area contributed by atoms with Crippen molar-refractivity contribution >= 4 is 24.8 Å². The van der Waals surface area contributed by atoms with Crippen molar-refractivity contribution in [2.75, 3.05) is 33.3 Å². The lowest BCUT2D eigenvalue weighted by atomic mass is 9.80. The van der Waals surface area contributed by atoms with Crippen LogP contribution in [-0.4, -0.2) is 38.2 Å². The molecule has 1 aliphatic rings. The molecule has 1 fully saturated rings. The van der Waals surface area contributed by atoms with E-state index in [2.05, 4.69) is 31.0 Å². The van der Waals surface area contributed by atoms with Gasteiger partial charge in [-0.3, -0.25) is 4.90 Å². The van der Waals surface area contributed by atoms with Crippen LogP contribution in [0.1, 0.15) is 32.4 Å². The summed E-state index contributed by atoms with van der Waals surface area (Å²) in [6.45, 7) is 10.3. The number of halogens is 3. The highest BCUT2D eigenvalue weighted by Crippen LogP contribution is 2.39. The summed E-state index contributed by atoms with van der Waals surface area (Å²) < 4.78 is 19.5. The molecule has 1 saturated heterocycles. The molecule has 22 heavy (non-hydrogen) atoms. The van der Waals surface area contributed by atoms with Crippen LogP contribution >= 0.6 is 24.8 Å². The summed E-state index contributed by atoms with van der Waals surface area (Å²) in [5, 5.41) is 3.35. The van der Waals surface area contributed by atoms with Gasteiger partial charge in [0, 0.05) is 43.9 Å². The third-order valence-corrected chi connectivity index (χ3v) is 3.84. The molecule has 1 aliphatic heterocycles. The summed E-state index contributed by atoms with van der Waals surface area (Å²) in [5.74, 6) is 0.391. The van der Waals surface area contributed by atoms with E-state index < -0.39 is 0 Å². The molecule has 0 amide bonds. The van der Waals surface area contributed by atoms with Gasteiger partial charge in [-0.25, -0.2) is 4.39 Å². The van der Waals surface area contributed by atoms with Crippen molar-refractivity contribution in [3.8, 4) is 5.75 Å². The number of nitrogens with zero attached hydrogens (tertiary/aromatic N) is 1. The van der Waals surface area contributed by atoms with E-state index in [4.69, 9.17) is 4.74 Å². The fourth-order valence-electron chi connectivity index (χ4n) is 3.01. The van der Waals surface area contributed by atoms with Gasteiger partial charge in [0.1, 0.15) is 11.6 Å². The number of rotatable bonds is 3. The number of ether oxygens (including phenoxy) is 1. The summed E-state index contributed by atoms with van der Waals surface area (Å²) in [7, 11) is 1.56. The van der Waals surface area contributed by atoms with Crippen molar-refractivity contribution in [2.24, 2.45) is 5.41 Å². The van der Waals surface area contributed by atoms with Crippen molar-refractivity contribution < 1.29 is 9.13 Å². The van der Waals surface area contributed by atoms with Gasteiger partial charge in [0.25, 0.3) is 0 Å². The quantitative estimate of drug-likeness (QED) is 0.897. The van der Waals surface area contributed by atoms with Crippen molar-refractivity contribution in [2.45, 2.75) is 26.8 Å². The van der Waals surface area contributed by atoms with E-state index in [-0.39, 0.29) is 42.1 Å². The maximum absolute atomic E-state index is 14.5. The zero-order valence-electron chi connectivity index (χ0n) is 13.7. The monoisotopic (exact) mass is 352 g/mol. The Morgan fingerprint density at radius 1 is 1.18 bits per heavy atom. The lowest BCUT2D eigenvalue weighted by Crippen LogP contribution is -2.48. The number of nitrogens with one attached hydrogen (secondary N) is 1. The molecule has 0 spiro atoms. The average molecular weight is 353 g/mol. The summed E-state index contributed by atoms with van der Waals surface area (Å²) in [4.78, 5) is 2.38. The van der Waals surface area contributed by atoms with Crippen LogP contribution in [-0.2, 0) is 0 Å². The predicted octanol–water partition coefficient (Wildman–Crippen LogP) is 3.67. The van der Waals surface area contributed by atoms with Gasteiger partial charge in [-0.15, -0.1) is 24.8 Å². The largest absolute Gasteiger partial charge is 0.497 e. The lowest BCUT2D eigenvalue weighted by Gasteiger charge is -2.42. The van der Waals surface area contributed by atoms with E-state index in [1.807, 2.05) is 12.1 Å². The first-order chi connectivity index (χ1) is 9.43. The van der Waals surface area contributed by atoms with E-state index in [0.29, 0.717) is 5.75 Å². The Morgan fingerprint density at radius 3 is 2.23 bits per heavy atom.